The van der Waals surface area contributed by atoms with Crippen LogP contribution in [0.15, 0.2) is 12.2 Å². The molecule has 3 N–H and O–H groups in total. The van der Waals surface area contributed by atoms with Crippen LogP contribution in [0.4, 0.5) is 0 Å². The second-order valence-corrected chi connectivity index (χ2v) is 9.32. The Balaban J connectivity index is 1.78. The molecule has 5 fully saturated rings. The Labute approximate surface area is 145 Å². The number of hydrogen-bond donors (Lipinski definition) is 3. The van der Waals surface area contributed by atoms with Crippen LogP contribution in [0.2, 0.25) is 0 Å². The average Bonchev–Trinajstić information content (AvgIpc) is 2.95. The monoisotopic (exact) mass is 348 g/mol. The molecule has 6 nitrogen and oxygen atoms in total. The number of aliphatic hydroxyl groups is 2. The Morgan fingerprint density at radius 3 is 2.72 bits per heavy atom. The molecular weight excluding hydrogens is 324 g/mol. The fraction of sp³-hybridized carbons (Fsp3) is 0.789. The molecule has 0 aromatic carbocycles. The second kappa shape index (κ2) is 4.12. The lowest BCUT2D eigenvalue weighted by Gasteiger charge is -2.47. The van der Waals surface area contributed by atoms with E-state index in [4.69, 9.17) is 4.74 Å². The van der Waals surface area contributed by atoms with Crippen LogP contribution in [0.3, 0.4) is 0 Å². The van der Waals surface area contributed by atoms with Crippen LogP contribution < -0.4 is 0 Å². The third-order valence-corrected chi connectivity index (χ3v) is 8.49. The zero-order valence-electron chi connectivity index (χ0n) is 14.3. The van der Waals surface area contributed by atoms with E-state index < -0.39 is 45.9 Å². The summed E-state index contributed by atoms with van der Waals surface area (Å²) in [5.74, 6) is -2.92. The lowest BCUT2D eigenvalue weighted by Crippen LogP contribution is -2.56. The van der Waals surface area contributed by atoms with Crippen LogP contribution in [0, 0.1) is 28.6 Å². The molecule has 0 radical (unpaired) electrons. The summed E-state index contributed by atoms with van der Waals surface area (Å²) in [6, 6.07) is 0. The molecule has 25 heavy (non-hydrogen) atoms. The van der Waals surface area contributed by atoms with Gasteiger partial charge in [-0.25, -0.2) is 0 Å². The molecule has 1 spiro atoms. The molecule has 136 valence electrons. The topological polar surface area (TPSA) is 104 Å². The highest BCUT2D eigenvalue weighted by Gasteiger charge is 2.84. The fourth-order valence-corrected chi connectivity index (χ4v) is 7.62. The summed E-state index contributed by atoms with van der Waals surface area (Å²) in [4.78, 5) is 25.1. The molecule has 4 aliphatic carbocycles. The van der Waals surface area contributed by atoms with Crippen molar-refractivity contribution in [3.63, 3.8) is 0 Å². The number of aliphatic hydroxyl groups excluding tert-OH is 1. The lowest BCUT2D eigenvalue weighted by atomic mass is 9.59. The average molecular weight is 348 g/mol. The van der Waals surface area contributed by atoms with Crippen molar-refractivity contribution in [1.29, 1.82) is 0 Å². The first kappa shape index (κ1) is 15.8. The van der Waals surface area contributed by atoms with Gasteiger partial charge in [0.2, 0.25) is 0 Å². The van der Waals surface area contributed by atoms with Crippen LogP contribution in [-0.4, -0.2) is 44.6 Å². The van der Waals surface area contributed by atoms with Crippen molar-refractivity contribution in [3.8, 4) is 0 Å². The maximum atomic E-state index is 12.7. The Hall–Kier alpha value is -1.40. The molecule has 5 rings (SSSR count). The molecule has 0 aromatic rings. The molecule has 0 amide bonds. The fourth-order valence-electron chi connectivity index (χ4n) is 7.62. The number of rotatable bonds is 1. The lowest BCUT2D eigenvalue weighted by molar-refractivity contribution is -0.177. The third kappa shape index (κ3) is 1.41. The summed E-state index contributed by atoms with van der Waals surface area (Å²) in [7, 11) is 0. The zero-order valence-corrected chi connectivity index (χ0v) is 14.3. The van der Waals surface area contributed by atoms with E-state index in [0.29, 0.717) is 44.1 Å². The summed E-state index contributed by atoms with van der Waals surface area (Å²) in [5.41, 5.74) is -3.02. The molecule has 4 saturated carbocycles. The van der Waals surface area contributed by atoms with Gasteiger partial charge in [0, 0.05) is 11.8 Å². The van der Waals surface area contributed by atoms with Gasteiger partial charge in [-0.2, -0.15) is 0 Å². The first-order chi connectivity index (χ1) is 11.6. The number of esters is 1. The van der Waals surface area contributed by atoms with Crippen molar-refractivity contribution in [3.05, 3.63) is 12.2 Å². The minimum absolute atomic E-state index is 0.244. The van der Waals surface area contributed by atoms with Gasteiger partial charge in [-0.1, -0.05) is 6.58 Å². The van der Waals surface area contributed by atoms with Crippen LogP contribution >= 0.6 is 0 Å². The summed E-state index contributed by atoms with van der Waals surface area (Å²) in [6.07, 6.45) is 1.86. The smallest absolute Gasteiger partial charge is 0.312 e. The highest BCUT2D eigenvalue weighted by molar-refractivity contribution is 5.85. The Morgan fingerprint density at radius 2 is 2.04 bits per heavy atom. The quantitative estimate of drug-likeness (QED) is 0.487. The Kier molecular flexibility index (Phi) is 2.61. The largest absolute Gasteiger partial charge is 0.481 e. The molecule has 5 aliphatic rings. The minimum Gasteiger partial charge on any atom is -0.481 e. The zero-order chi connectivity index (χ0) is 18.0. The predicted octanol–water partition coefficient (Wildman–Crippen LogP) is 1.25. The van der Waals surface area contributed by atoms with E-state index >= 15 is 0 Å². The summed E-state index contributed by atoms with van der Waals surface area (Å²) in [6.45, 7) is 5.83. The molecule has 8 atom stereocenters. The number of carboxylic acids is 1. The number of ether oxygens (including phenoxy) is 1. The van der Waals surface area contributed by atoms with Crippen molar-refractivity contribution in [1.82, 2.24) is 0 Å². The number of hydrogen-bond acceptors (Lipinski definition) is 5. The summed E-state index contributed by atoms with van der Waals surface area (Å²) in [5, 5.41) is 32.0. The van der Waals surface area contributed by atoms with Gasteiger partial charge in [0.25, 0.3) is 0 Å². The standard InChI is InChI=1S/C19H24O6/c1-9-7-17-8-18(9,24)6-3-10(17)19-11(20)4-5-16(2,15(23)25-19)13(19)12(17)14(21)22/h10-13,20,24H,1,3-8H2,2H3,(H,21,22)/t10-,11+,12-,13-,16+,17+,18+,19+/m1/s1. The number of fused-ring (bicyclic) bond motifs is 1. The molecule has 0 aromatic heterocycles. The van der Waals surface area contributed by atoms with Gasteiger partial charge in [0.1, 0.15) is 5.60 Å². The van der Waals surface area contributed by atoms with Crippen LogP contribution in [0.5, 0.6) is 0 Å². The molecule has 1 saturated heterocycles. The van der Waals surface area contributed by atoms with Gasteiger partial charge >= 0.3 is 11.9 Å². The Bertz CT molecular complexity index is 731. The van der Waals surface area contributed by atoms with E-state index in [-0.39, 0.29) is 11.9 Å². The minimum atomic E-state index is -1.13. The van der Waals surface area contributed by atoms with Crippen molar-refractivity contribution in [2.24, 2.45) is 28.6 Å². The first-order valence-electron chi connectivity index (χ1n) is 9.17. The highest BCUT2D eigenvalue weighted by Crippen LogP contribution is 2.78. The van der Waals surface area contributed by atoms with E-state index in [1.54, 1.807) is 6.92 Å². The number of carbonyl (C=O) groups excluding carboxylic acids is 1. The predicted molar refractivity (Wildman–Crippen MR) is 85.3 cm³/mol. The summed E-state index contributed by atoms with van der Waals surface area (Å²) < 4.78 is 5.91. The molecule has 6 heteroatoms. The van der Waals surface area contributed by atoms with Crippen molar-refractivity contribution >= 4 is 11.9 Å². The first-order valence-corrected chi connectivity index (χ1v) is 9.17. The maximum absolute atomic E-state index is 12.7. The van der Waals surface area contributed by atoms with Crippen molar-refractivity contribution in [2.45, 2.75) is 62.8 Å². The highest BCUT2D eigenvalue weighted by atomic mass is 16.6. The number of aliphatic carboxylic acids is 1. The van der Waals surface area contributed by atoms with Crippen LogP contribution in [0.1, 0.15) is 45.4 Å². The number of carboxylic acid groups (broad SMARTS) is 1. The van der Waals surface area contributed by atoms with Gasteiger partial charge < -0.3 is 20.1 Å². The van der Waals surface area contributed by atoms with Gasteiger partial charge in [-0.15, -0.1) is 0 Å². The molecular formula is C19H24O6. The Morgan fingerprint density at radius 1 is 1.32 bits per heavy atom. The van der Waals surface area contributed by atoms with Crippen LogP contribution in [-0.2, 0) is 14.3 Å². The maximum Gasteiger partial charge on any atom is 0.312 e. The van der Waals surface area contributed by atoms with Gasteiger partial charge in [-0.05, 0) is 56.4 Å². The normalized spacial score (nSPS) is 58.7. The van der Waals surface area contributed by atoms with Crippen LogP contribution in [0.25, 0.3) is 0 Å². The molecule has 0 unspecified atom stereocenters. The molecule has 4 bridgehead atoms. The van der Waals surface area contributed by atoms with E-state index in [0.717, 1.165) is 0 Å². The molecule has 1 aliphatic heterocycles. The van der Waals surface area contributed by atoms with E-state index in [1.165, 1.54) is 0 Å². The van der Waals surface area contributed by atoms with Crippen molar-refractivity contribution in [2.75, 3.05) is 0 Å². The van der Waals surface area contributed by atoms with E-state index in [2.05, 4.69) is 6.58 Å². The van der Waals surface area contributed by atoms with Crippen molar-refractivity contribution < 1.29 is 29.6 Å². The van der Waals surface area contributed by atoms with Gasteiger partial charge in [0.05, 0.1) is 23.0 Å². The third-order valence-electron chi connectivity index (χ3n) is 8.49. The van der Waals surface area contributed by atoms with E-state index in [9.17, 15) is 24.9 Å². The SMILES string of the molecule is C=C1C[C@]23C[C@@]1(O)CC[C@H]2[C@]12OC(=O)[C@@](C)(CC[C@@H]1O)[C@H]2[C@@H]3C(=O)O. The van der Waals surface area contributed by atoms with E-state index in [1.807, 2.05) is 0 Å². The second-order valence-electron chi connectivity index (χ2n) is 9.32. The van der Waals surface area contributed by atoms with Gasteiger partial charge in [0.15, 0.2) is 0 Å². The summed E-state index contributed by atoms with van der Waals surface area (Å²) >= 11 is 0. The van der Waals surface area contributed by atoms with Gasteiger partial charge in [-0.3, -0.25) is 9.59 Å². The molecule has 1 heterocycles. The number of carbonyl (C=O) groups is 2.